The number of carbonyl (C=O) groups excluding carboxylic acids is 3. The monoisotopic (exact) mass is 834 g/mol. The van der Waals surface area contributed by atoms with Crippen LogP contribution >= 0.6 is 0 Å². The lowest BCUT2D eigenvalue weighted by molar-refractivity contribution is -0.159. The Morgan fingerprint density at radius 2 is 1.68 bits per heavy atom. The van der Waals surface area contributed by atoms with E-state index >= 15 is 0 Å². The Labute approximate surface area is 353 Å². The quantitative estimate of drug-likeness (QED) is 0.0790. The number of carbonyl (C=O) groups is 3. The molecular formula is C46H75NO12. The molecular weight excluding hydrogens is 759 g/mol. The normalized spacial score (nSPS) is 33.5. The van der Waals surface area contributed by atoms with Crippen LogP contribution in [0.5, 0.6) is 0 Å². The number of methoxy groups -OCH3 is 5. The summed E-state index contributed by atoms with van der Waals surface area (Å²) in [7, 11) is 9.89. The van der Waals surface area contributed by atoms with Gasteiger partial charge in [-0.2, -0.15) is 0 Å². The molecule has 3 rings (SSSR count). The van der Waals surface area contributed by atoms with E-state index in [1.807, 2.05) is 53.7 Å². The molecule has 1 N–H and O–H groups in total. The number of nitrogens with zero attached hydrogens (tertiary/aromatic N) is 1. The third-order valence-electron chi connectivity index (χ3n) is 12.9. The molecule has 1 saturated heterocycles. The Hall–Kier alpha value is -2.75. The zero-order valence-corrected chi connectivity index (χ0v) is 37.7. The lowest BCUT2D eigenvalue weighted by Gasteiger charge is -2.39. The predicted octanol–water partition coefficient (Wildman–Crippen LogP) is 6.03. The molecule has 1 amide bonds. The average molecular weight is 834 g/mol. The second kappa shape index (κ2) is 24.6. The molecule has 2 bridgehead atoms. The molecule has 336 valence electrons. The maximum Gasteiger partial charge on any atom is 0.331 e. The number of hydrogen-bond donors (Lipinski definition) is 1. The fourth-order valence-electron chi connectivity index (χ4n) is 8.81. The minimum absolute atomic E-state index is 0.0160. The zero-order valence-electron chi connectivity index (χ0n) is 37.7. The van der Waals surface area contributed by atoms with E-state index in [2.05, 4.69) is 12.2 Å². The smallest absolute Gasteiger partial charge is 0.331 e. The van der Waals surface area contributed by atoms with Crippen molar-refractivity contribution >= 4 is 18.2 Å². The number of cyclic esters (lactones) is 1. The Bertz CT molecular complexity index is 1430. The van der Waals surface area contributed by atoms with Gasteiger partial charge in [-0.25, -0.2) is 4.79 Å². The Balaban J connectivity index is 1.88. The van der Waals surface area contributed by atoms with Gasteiger partial charge in [0.1, 0.15) is 17.5 Å². The highest BCUT2D eigenvalue weighted by molar-refractivity contribution is 5.82. The zero-order chi connectivity index (χ0) is 43.9. The van der Waals surface area contributed by atoms with Crippen LogP contribution in [0, 0.1) is 29.6 Å². The van der Waals surface area contributed by atoms with Crippen molar-refractivity contribution in [1.29, 1.82) is 0 Å². The van der Waals surface area contributed by atoms with E-state index < -0.39 is 59.8 Å². The van der Waals surface area contributed by atoms with Crippen LogP contribution in [0.25, 0.3) is 0 Å². The summed E-state index contributed by atoms with van der Waals surface area (Å²) in [5.41, 5.74) is 0.157. The van der Waals surface area contributed by atoms with Crippen molar-refractivity contribution in [1.82, 2.24) is 4.90 Å². The molecule has 1 fully saturated rings. The highest BCUT2D eigenvalue weighted by Crippen LogP contribution is 2.43. The molecule has 13 heteroatoms. The molecule has 0 saturated carbocycles. The number of esters is 1. The maximum absolute atomic E-state index is 13.6. The summed E-state index contributed by atoms with van der Waals surface area (Å²) in [6.07, 6.45) is 13.8. The molecule has 3 aliphatic rings. The van der Waals surface area contributed by atoms with E-state index in [4.69, 9.17) is 37.9 Å². The molecule has 0 radical (unpaired) electrons. The van der Waals surface area contributed by atoms with E-state index in [-0.39, 0.29) is 48.5 Å². The van der Waals surface area contributed by atoms with Gasteiger partial charge in [0.05, 0.1) is 55.4 Å². The van der Waals surface area contributed by atoms with Gasteiger partial charge in [-0.15, -0.1) is 0 Å². The minimum atomic E-state index is -0.917. The van der Waals surface area contributed by atoms with Crippen molar-refractivity contribution in [2.45, 2.75) is 147 Å². The van der Waals surface area contributed by atoms with Crippen LogP contribution in [0.15, 0.2) is 48.2 Å². The van der Waals surface area contributed by atoms with E-state index in [1.54, 1.807) is 54.9 Å². The predicted molar refractivity (Wildman–Crippen MR) is 225 cm³/mol. The Kier molecular flexibility index (Phi) is 21.1. The molecule has 15 atom stereocenters. The number of hydrogen-bond acceptors (Lipinski definition) is 12. The first-order valence-electron chi connectivity index (χ1n) is 21.3. The highest BCUT2D eigenvalue weighted by atomic mass is 16.6. The lowest BCUT2D eigenvalue weighted by Crippen LogP contribution is -2.50. The van der Waals surface area contributed by atoms with E-state index in [9.17, 15) is 19.5 Å². The van der Waals surface area contributed by atoms with E-state index in [0.717, 1.165) is 12.0 Å². The van der Waals surface area contributed by atoms with Gasteiger partial charge in [0.15, 0.2) is 0 Å². The van der Waals surface area contributed by atoms with Crippen LogP contribution in [0.4, 0.5) is 0 Å². The number of aliphatic hydroxyl groups is 1. The van der Waals surface area contributed by atoms with Crippen molar-refractivity contribution in [3.63, 3.8) is 0 Å². The number of ether oxygens (including phenoxy) is 8. The molecule has 3 heterocycles. The molecule has 13 nitrogen and oxygen atoms in total. The summed E-state index contributed by atoms with van der Waals surface area (Å²) >= 11 is 0. The molecule has 59 heavy (non-hydrogen) atoms. The van der Waals surface area contributed by atoms with Crippen molar-refractivity contribution in [2.24, 2.45) is 29.6 Å². The van der Waals surface area contributed by atoms with Crippen molar-refractivity contribution < 1.29 is 57.4 Å². The molecule has 0 unspecified atom stereocenters. The van der Waals surface area contributed by atoms with E-state index in [0.29, 0.717) is 45.1 Å². The topological polar surface area (TPSA) is 152 Å². The SMILES string of the molecule is CO[C@H]1CC=C(C)/C=C/C(=O)O[C@H]([C@@H](C)[C@@H](O)[C@@H](C)CCC(=O)[C@H](C)[C@H](OC)[C@H](C)/C=C/N(C)C=O)[C@@H](C)[C@H](OC)C[C@H](OC)[C@]2(CO2)[C@@H](OC)C[C@@H]2CC=C[C@@H](C1)O2. The van der Waals surface area contributed by atoms with Gasteiger partial charge in [-0.1, -0.05) is 70.6 Å². The number of aliphatic hydroxyl groups excluding tert-OH is 1. The molecule has 0 aliphatic carbocycles. The van der Waals surface area contributed by atoms with Crippen LogP contribution in [0.3, 0.4) is 0 Å². The number of fused-ring (bicyclic) bond motifs is 2. The summed E-state index contributed by atoms with van der Waals surface area (Å²) < 4.78 is 49.0. The Morgan fingerprint density at radius 3 is 2.27 bits per heavy atom. The average Bonchev–Trinajstić information content (AvgIpc) is 4.04. The van der Waals surface area contributed by atoms with E-state index in [1.165, 1.54) is 11.0 Å². The molecule has 3 aliphatic heterocycles. The largest absolute Gasteiger partial charge is 0.458 e. The van der Waals surface area contributed by atoms with Gasteiger partial charge in [0, 0.05) is 104 Å². The number of allylic oxidation sites excluding steroid dienone is 2. The summed E-state index contributed by atoms with van der Waals surface area (Å²) in [5, 5.41) is 11.9. The highest BCUT2D eigenvalue weighted by Gasteiger charge is 2.59. The first-order chi connectivity index (χ1) is 28.1. The number of Topliss-reactive ketones (excluding diaryl/α,β-unsaturated/α-hetero) is 1. The van der Waals surface area contributed by atoms with Crippen molar-refractivity contribution in [2.75, 3.05) is 49.2 Å². The maximum atomic E-state index is 13.6. The standard InChI is InChI=1S/C46H75NO12/c1-29-16-19-35(52-8)24-36-14-13-15-37(58-36)25-40(54-10)46(27-57-46)41(55-11)26-39(53-9)33(5)45(59-42(50)21-17-29)34(6)43(51)30(2)18-20-38(49)32(4)44(56-12)31(3)22-23-47(7)28-48/h13-14,16-17,21-23,28,30-37,39-41,43-45,51H,15,18-20,24-27H2,1-12H3/b21-17+,23-22+,29-16?/t30-,31+,32-,33-,34-,35-,36-,37-,39+,40-,41-,43-,44+,45-,46-/m0/s1. The second-order valence-electron chi connectivity index (χ2n) is 17.1. The van der Waals surface area contributed by atoms with Crippen LogP contribution < -0.4 is 0 Å². The van der Waals surface area contributed by atoms with Gasteiger partial charge >= 0.3 is 5.97 Å². The second-order valence-corrected chi connectivity index (χ2v) is 17.1. The number of epoxide rings is 1. The summed E-state index contributed by atoms with van der Waals surface area (Å²) in [5.74, 6) is -2.29. The third-order valence-corrected chi connectivity index (χ3v) is 12.9. The Morgan fingerprint density at radius 1 is 1.00 bits per heavy atom. The summed E-state index contributed by atoms with van der Waals surface area (Å²) in [6.45, 7) is 11.9. The van der Waals surface area contributed by atoms with Crippen LogP contribution in [-0.2, 0) is 52.3 Å². The fraction of sp³-hybridized carbons (Fsp3) is 0.761. The number of ketones is 1. The third kappa shape index (κ3) is 14.4. The first-order valence-corrected chi connectivity index (χ1v) is 21.3. The summed E-state index contributed by atoms with van der Waals surface area (Å²) in [6, 6.07) is 0. The van der Waals surface area contributed by atoms with Gasteiger partial charge in [0.2, 0.25) is 6.41 Å². The minimum Gasteiger partial charge on any atom is -0.458 e. The lowest BCUT2D eigenvalue weighted by atomic mass is 9.78. The number of amides is 1. The molecule has 0 aromatic rings. The molecule has 0 aromatic carbocycles. The van der Waals surface area contributed by atoms with Gasteiger partial charge < -0.3 is 47.9 Å². The van der Waals surface area contributed by atoms with Crippen LogP contribution in [0.1, 0.15) is 86.5 Å². The van der Waals surface area contributed by atoms with Gasteiger partial charge in [0.25, 0.3) is 0 Å². The van der Waals surface area contributed by atoms with Gasteiger partial charge in [-0.3, -0.25) is 9.59 Å². The van der Waals surface area contributed by atoms with Crippen LogP contribution in [-0.4, -0.2) is 138 Å². The van der Waals surface area contributed by atoms with Crippen molar-refractivity contribution in [3.05, 3.63) is 48.2 Å². The van der Waals surface area contributed by atoms with Crippen LogP contribution in [0.2, 0.25) is 0 Å². The molecule has 1 spiro atoms. The van der Waals surface area contributed by atoms with Crippen molar-refractivity contribution in [3.8, 4) is 0 Å². The summed E-state index contributed by atoms with van der Waals surface area (Å²) in [4.78, 5) is 39.5. The van der Waals surface area contributed by atoms with Gasteiger partial charge in [-0.05, 0) is 32.1 Å². The molecule has 0 aromatic heterocycles. The fourth-order valence-corrected chi connectivity index (χ4v) is 8.81. The first kappa shape index (κ1) is 50.6. The number of rotatable bonds is 17.